The third-order valence-corrected chi connectivity index (χ3v) is 4.19. The van der Waals surface area contributed by atoms with Crippen molar-refractivity contribution in [3.05, 3.63) is 56.4 Å². The molecule has 26 heavy (non-hydrogen) atoms. The molecule has 0 aliphatic rings. The van der Waals surface area contributed by atoms with Crippen LogP contribution in [0.5, 0.6) is 0 Å². The number of carboxylic acid groups (broad SMARTS) is 1. The third-order valence-electron chi connectivity index (χ3n) is 4.19. The summed E-state index contributed by atoms with van der Waals surface area (Å²) in [5.41, 5.74) is 2.36. The van der Waals surface area contributed by atoms with E-state index in [9.17, 15) is 19.7 Å². The van der Waals surface area contributed by atoms with Crippen molar-refractivity contribution < 1.29 is 19.6 Å². The van der Waals surface area contributed by atoms with Crippen LogP contribution in [0.25, 0.3) is 0 Å². The van der Waals surface area contributed by atoms with Crippen molar-refractivity contribution in [2.24, 2.45) is 7.05 Å². The molecule has 0 unspecified atom stereocenters. The smallest absolute Gasteiger partial charge is 0.335 e. The zero-order valence-corrected chi connectivity index (χ0v) is 14.8. The topological polar surface area (TPSA) is 127 Å². The number of benzene rings is 1. The molecule has 2 rings (SSSR count). The largest absolute Gasteiger partial charge is 0.478 e. The molecule has 0 aliphatic heterocycles. The van der Waals surface area contributed by atoms with E-state index in [1.807, 2.05) is 20.9 Å². The number of hydrogen-bond acceptors (Lipinski definition) is 5. The first-order valence-electron chi connectivity index (χ1n) is 8.00. The van der Waals surface area contributed by atoms with Crippen LogP contribution in [0.1, 0.15) is 44.1 Å². The van der Waals surface area contributed by atoms with Gasteiger partial charge in [-0.2, -0.15) is 5.10 Å². The number of amides is 1. The Bertz CT molecular complexity index is 840. The van der Waals surface area contributed by atoms with E-state index in [1.165, 1.54) is 0 Å². The van der Waals surface area contributed by atoms with Gasteiger partial charge in [0.05, 0.1) is 16.2 Å². The van der Waals surface area contributed by atoms with Gasteiger partial charge in [-0.3, -0.25) is 19.6 Å². The van der Waals surface area contributed by atoms with Gasteiger partial charge in [-0.05, 0) is 38.3 Å². The van der Waals surface area contributed by atoms with E-state index in [0.717, 1.165) is 41.6 Å². The van der Waals surface area contributed by atoms with Crippen LogP contribution in [0.3, 0.4) is 0 Å². The number of nitrogens with one attached hydrogen (secondary N) is 1. The number of aromatic carboxylic acids is 1. The van der Waals surface area contributed by atoms with Gasteiger partial charge < -0.3 is 10.4 Å². The summed E-state index contributed by atoms with van der Waals surface area (Å²) >= 11 is 0. The average Bonchev–Trinajstić information content (AvgIpc) is 2.83. The van der Waals surface area contributed by atoms with Crippen LogP contribution >= 0.6 is 0 Å². The van der Waals surface area contributed by atoms with Gasteiger partial charge in [0.2, 0.25) is 0 Å². The van der Waals surface area contributed by atoms with E-state index >= 15 is 0 Å². The quantitative estimate of drug-likeness (QED) is 0.442. The number of nitro groups is 1. The number of aromatic nitrogens is 2. The standard InChI is InChI=1S/C17H20N4O5/c1-10-15(11(2)20(3)19-10)5-4-6-18-16(22)12-7-13(17(23)24)9-14(8-12)21(25)26/h7-9H,4-6H2,1-3H3,(H,18,22)(H,23,24). The van der Waals surface area contributed by atoms with E-state index in [4.69, 9.17) is 5.11 Å². The molecule has 1 aromatic carbocycles. The molecule has 1 amide bonds. The molecular formula is C17H20N4O5. The second-order valence-electron chi connectivity index (χ2n) is 5.96. The molecule has 0 aliphatic carbocycles. The van der Waals surface area contributed by atoms with Crippen molar-refractivity contribution in [1.29, 1.82) is 0 Å². The van der Waals surface area contributed by atoms with Gasteiger partial charge in [0.25, 0.3) is 11.6 Å². The Balaban J connectivity index is 2.01. The Morgan fingerprint density at radius 3 is 2.46 bits per heavy atom. The third kappa shape index (κ3) is 4.24. The lowest BCUT2D eigenvalue weighted by molar-refractivity contribution is -0.384. The van der Waals surface area contributed by atoms with E-state index in [1.54, 1.807) is 4.68 Å². The minimum Gasteiger partial charge on any atom is -0.478 e. The summed E-state index contributed by atoms with van der Waals surface area (Å²) in [6, 6.07) is 3.12. The van der Waals surface area contributed by atoms with E-state index in [-0.39, 0.29) is 11.1 Å². The second kappa shape index (κ2) is 7.77. The van der Waals surface area contributed by atoms with Crippen molar-refractivity contribution >= 4 is 17.6 Å². The molecule has 0 fully saturated rings. The monoisotopic (exact) mass is 360 g/mol. The highest BCUT2D eigenvalue weighted by molar-refractivity contribution is 5.98. The lowest BCUT2D eigenvalue weighted by Gasteiger charge is -2.07. The van der Waals surface area contributed by atoms with Crippen LogP contribution in [-0.2, 0) is 13.5 Å². The summed E-state index contributed by atoms with van der Waals surface area (Å²) in [6.45, 7) is 4.26. The zero-order valence-electron chi connectivity index (χ0n) is 14.8. The van der Waals surface area contributed by atoms with Crippen LogP contribution in [-0.4, -0.2) is 38.2 Å². The summed E-state index contributed by atoms with van der Waals surface area (Å²) in [4.78, 5) is 33.5. The Morgan fingerprint density at radius 1 is 1.27 bits per heavy atom. The number of aryl methyl sites for hydroxylation is 2. The maximum absolute atomic E-state index is 12.2. The highest BCUT2D eigenvalue weighted by Gasteiger charge is 2.17. The predicted octanol–water partition coefficient (Wildman–Crippen LogP) is 2.01. The van der Waals surface area contributed by atoms with Crippen molar-refractivity contribution in [3.8, 4) is 0 Å². The average molecular weight is 360 g/mol. The summed E-state index contributed by atoms with van der Waals surface area (Å²) in [6.07, 6.45) is 1.40. The van der Waals surface area contributed by atoms with Gasteiger partial charge in [0.1, 0.15) is 0 Å². The number of carboxylic acids is 1. The first-order chi connectivity index (χ1) is 12.2. The molecule has 0 atom stereocenters. The van der Waals surface area contributed by atoms with Gasteiger partial charge in [0, 0.05) is 37.0 Å². The summed E-state index contributed by atoms with van der Waals surface area (Å²) < 4.78 is 1.81. The number of rotatable bonds is 7. The lowest BCUT2D eigenvalue weighted by Crippen LogP contribution is -2.25. The number of nitro benzene ring substituents is 1. The van der Waals surface area contributed by atoms with Crippen LogP contribution in [0.4, 0.5) is 5.69 Å². The normalized spacial score (nSPS) is 10.6. The number of nitrogens with zero attached hydrogens (tertiary/aromatic N) is 3. The van der Waals surface area contributed by atoms with Crippen LogP contribution in [0.15, 0.2) is 18.2 Å². The van der Waals surface area contributed by atoms with Crippen molar-refractivity contribution in [2.75, 3.05) is 6.54 Å². The fourth-order valence-corrected chi connectivity index (χ4v) is 2.72. The number of carbonyl (C=O) groups excluding carboxylic acids is 1. The molecule has 0 saturated heterocycles. The Hall–Kier alpha value is -3.23. The Labute approximate surface area is 149 Å². The molecule has 0 radical (unpaired) electrons. The van der Waals surface area contributed by atoms with Crippen LogP contribution < -0.4 is 5.32 Å². The fourth-order valence-electron chi connectivity index (χ4n) is 2.72. The van der Waals surface area contributed by atoms with Gasteiger partial charge in [0.15, 0.2) is 0 Å². The van der Waals surface area contributed by atoms with Crippen LogP contribution in [0.2, 0.25) is 0 Å². The van der Waals surface area contributed by atoms with Crippen molar-refractivity contribution in [2.45, 2.75) is 26.7 Å². The molecule has 0 saturated carbocycles. The molecule has 9 nitrogen and oxygen atoms in total. The molecule has 2 aromatic rings. The molecule has 1 aromatic heterocycles. The van der Waals surface area contributed by atoms with Gasteiger partial charge in [-0.15, -0.1) is 0 Å². The van der Waals surface area contributed by atoms with E-state index in [2.05, 4.69) is 10.4 Å². The van der Waals surface area contributed by atoms with Crippen molar-refractivity contribution in [3.63, 3.8) is 0 Å². The first-order valence-corrected chi connectivity index (χ1v) is 8.00. The molecule has 1 heterocycles. The molecule has 0 spiro atoms. The van der Waals surface area contributed by atoms with Gasteiger partial charge in [-0.1, -0.05) is 0 Å². The molecule has 138 valence electrons. The van der Waals surface area contributed by atoms with Gasteiger partial charge in [-0.25, -0.2) is 4.79 Å². The van der Waals surface area contributed by atoms with Crippen LogP contribution in [0, 0.1) is 24.0 Å². The highest BCUT2D eigenvalue weighted by atomic mass is 16.6. The zero-order chi connectivity index (χ0) is 19.4. The molecule has 0 bridgehead atoms. The molecular weight excluding hydrogens is 340 g/mol. The Kier molecular flexibility index (Phi) is 5.71. The number of hydrogen-bond donors (Lipinski definition) is 2. The SMILES string of the molecule is Cc1nn(C)c(C)c1CCCNC(=O)c1cc(C(=O)O)cc([N+](=O)[O-])c1. The minimum absolute atomic E-state index is 0.0506. The number of non-ortho nitro benzene ring substituents is 1. The predicted molar refractivity (Wildman–Crippen MR) is 93.4 cm³/mol. The summed E-state index contributed by atoms with van der Waals surface area (Å²) in [7, 11) is 1.87. The lowest BCUT2D eigenvalue weighted by atomic mass is 10.1. The second-order valence-corrected chi connectivity index (χ2v) is 5.96. The highest BCUT2D eigenvalue weighted by Crippen LogP contribution is 2.18. The molecule has 9 heteroatoms. The summed E-state index contributed by atoms with van der Waals surface area (Å²) in [5, 5.41) is 26.9. The van der Waals surface area contributed by atoms with Crippen molar-refractivity contribution in [1.82, 2.24) is 15.1 Å². The first kappa shape index (κ1) is 19.1. The van der Waals surface area contributed by atoms with E-state index in [0.29, 0.717) is 13.0 Å². The maximum atomic E-state index is 12.2. The fraction of sp³-hybridized carbons (Fsp3) is 0.353. The van der Waals surface area contributed by atoms with E-state index < -0.39 is 22.5 Å². The summed E-state index contributed by atoms with van der Waals surface area (Å²) in [5.74, 6) is -1.87. The Morgan fingerprint density at radius 2 is 1.92 bits per heavy atom. The maximum Gasteiger partial charge on any atom is 0.335 e. The molecule has 2 N–H and O–H groups in total. The number of carbonyl (C=O) groups is 2. The van der Waals surface area contributed by atoms with Gasteiger partial charge >= 0.3 is 5.97 Å². The minimum atomic E-state index is -1.33.